The van der Waals surface area contributed by atoms with E-state index in [1.807, 2.05) is 18.2 Å². The smallest absolute Gasteiger partial charge is 0.219 e. The average molecular weight is 249 g/mol. The van der Waals surface area contributed by atoms with Crippen molar-refractivity contribution in [1.82, 2.24) is 4.98 Å². The van der Waals surface area contributed by atoms with Crippen molar-refractivity contribution in [3.8, 4) is 11.6 Å². The molecule has 0 saturated heterocycles. The van der Waals surface area contributed by atoms with E-state index in [0.29, 0.717) is 5.88 Å². The van der Waals surface area contributed by atoms with E-state index in [9.17, 15) is 0 Å². The molecule has 0 aliphatic heterocycles. The maximum Gasteiger partial charge on any atom is 0.219 e. The van der Waals surface area contributed by atoms with Gasteiger partial charge in [0.15, 0.2) is 0 Å². The van der Waals surface area contributed by atoms with Crippen LogP contribution in [0, 0.1) is 6.07 Å². The number of benzene rings is 1. The normalized spacial score (nSPS) is 9.79. The van der Waals surface area contributed by atoms with Crippen LogP contribution in [-0.4, -0.2) is 4.98 Å². The average Bonchev–Trinajstić information content (AvgIpc) is 2.23. The highest BCUT2D eigenvalue weighted by molar-refractivity contribution is 9.10. The summed E-state index contributed by atoms with van der Waals surface area (Å²) >= 11 is 3.31. The van der Waals surface area contributed by atoms with E-state index in [1.165, 1.54) is 0 Å². The van der Waals surface area contributed by atoms with Crippen LogP contribution in [0.5, 0.6) is 11.6 Å². The molecular weight excluding hydrogens is 242 g/mol. The summed E-state index contributed by atoms with van der Waals surface area (Å²) in [5.74, 6) is 1.35. The fourth-order valence-electron chi connectivity index (χ4n) is 0.983. The van der Waals surface area contributed by atoms with Crippen molar-refractivity contribution in [2.75, 3.05) is 0 Å². The van der Waals surface area contributed by atoms with Crippen LogP contribution in [0.1, 0.15) is 0 Å². The summed E-state index contributed by atoms with van der Waals surface area (Å²) in [6.07, 6.45) is 1.70. The van der Waals surface area contributed by atoms with Gasteiger partial charge in [-0.3, -0.25) is 0 Å². The Labute approximate surface area is 90.7 Å². The van der Waals surface area contributed by atoms with Crippen LogP contribution in [0.2, 0.25) is 0 Å². The number of hydrogen-bond donors (Lipinski definition) is 0. The second kappa shape index (κ2) is 4.24. The third kappa shape index (κ3) is 2.33. The monoisotopic (exact) mass is 248 g/mol. The Morgan fingerprint density at radius 3 is 2.57 bits per heavy atom. The van der Waals surface area contributed by atoms with Gasteiger partial charge in [0.05, 0.1) is 0 Å². The number of aromatic nitrogens is 1. The van der Waals surface area contributed by atoms with Crippen LogP contribution in [0.3, 0.4) is 0 Å². The maximum absolute atomic E-state index is 5.48. The van der Waals surface area contributed by atoms with Gasteiger partial charge >= 0.3 is 0 Å². The maximum atomic E-state index is 5.48. The molecule has 0 atom stereocenters. The van der Waals surface area contributed by atoms with E-state index >= 15 is 0 Å². The van der Waals surface area contributed by atoms with Gasteiger partial charge in [0.1, 0.15) is 5.75 Å². The first-order valence-electron chi connectivity index (χ1n) is 4.10. The van der Waals surface area contributed by atoms with Crippen molar-refractivity contribution in [3.05, 3.63) is 53.1 Å². The first kappa shape index (κ1) is 9.21. The Kier molecular flexibility index (Phi) is 2.79. The Morgan fingerprint density at radius 2 is 1.93 bits per heavy atom. The third-order valence-corrected chi connectivity index (χ3v) is 2.08. The van der Waals surface area contributed by atoms with Gasteiger partial charge in [0, 0.05) is 16.7 Å². The first-order chi connectivity index (χ1) is 6.84. The molecular formula is C11H7BrNO. The molecule has 0 unspecified atom stereocenters. The van der Waals surface area contributed by atoms with Gasteiger partial charge in [-0.15, -0.1) is 0 Å². The van der Waals surface area contributed by atoms with Crippen molar-refractivity contribution >= 4 is 15.9 Å². The second-order valence-electron chi connectivity index (χ2n) is 2.65. The van der Waals surface area contributed by atoms with Crippen molar-refractivity contribution in [1.29, 1.82) is 0 Å². The van der Waals surface area contributed by atoms with Crippen molar-refractivity contribution in [3.63, 3.8) is 0 Å². The molecule has 3 heteroatoms. The molecule has 0 fully saturated rings. The Bertz CT molecular complexity index is 399. The quantitative estimate of drug-likeness (QED) is 0.813. The van der Waals surface area contributed by atoms with Gasteiger partial charge in [-0.25, -0.2) is 4.98 Å². The highest BCUT2D eigenvalue weighted by Gasteiger charge is 1.96. The molecule has 69 valence electrons. The van der Waals surface area contributed by atoms with E-state index in [0.717, 1.165) is 10.2 Å². The number of nitrogens with zero attached hydrogens (tertiary/aromatic N) is 1. The van der Waals surface area contributed by atoms with Gasteiger partial charge < -0.3 is 4.74 Å². The SMILES string of the molecule is Brc1ccc(Oc2cc[c]cc2)nc1. The number of pyridine rings is 1. The predicted molar refractivity (Wildman–Crippen MR) is 57.3 cm³/mol. The van der Waals surface area contributed by atoms with Crippen LogP contribution in [0.15, 0.2) is 47.1 Å². The van der Waals surface area contributed by atoms with Gasteiger partial charge in [-0.1, -0.05) is 12.1 Å². The summed E-state index contributed by atoms with van der Waals surface area (Å²) in [5.41, 5.74) is 0. The molecule has 0 spiro atoms. The zero-order valence-electron chi connectivity index (χ0n) is 7.27. The summed E-state index contributed by atoms with van der Waals surface area (Å²) in [6, 6.07) is 13.9. The first-order valence-corrected chi connectivity index (χ1v) is 4.89. The van der Waals surface area contributed by atoms with Crippen LogP contribution in [-0.2, 0) is 0 Å². The van der Waals surface area contributed by atoms with Crippen LogP contribution in [0.25, 0.3) is 0 Å². The summed E-state index contributed by atoms with van der Waals surface area (Å²) in [6.45, 7) is 0. The van der Waals surface area contributed by atoms with Gasteiger partial charge in [-0.05, 0) is 40.2 Å². The van der Waals surface area contributed by atoms with E-state index in [-0.39, 0.29) is 0 Å². The molecule has 0 aliphatic rings. The van der Waals surface area contributed by atoms with Crippen LogP contribution >= 0.6 is 15.9 Å². The summed E-state index contributed by atoms with van der Waals surface area (Å²) in [5, 5.41) is 0. The zero-order valence-corrected chi connectivity index (χ0v) is 8.86. The third-order valence-electron chi connectivity index (χ3n) is 1.61. The molecule has 0 bridgehead atoms. The summed E-state index contributed by atoms with van der Waals surface area (Å²) in [7, 11) is 0. The lowest BCUT2D eigenvalue weighted by Gasteiger charge is -2.03. The summed E-state index contributed by atoms with van der Waals surface area (Å²) < 4.78 is 6.42. The minimum atomic E-state index is 0.583. The van der Waals surface area contributed by atoms with Crippen molar-refractivity contribution in [2.24, 2.45) is 0 Å². The number of hydrogen-bond acceptors (Lipinski definition) is 2. The number of rotatable bonds is 2. The fraction of sp³-hybridized carbons (Fsp3) is 0. The van der Waals surface area contributed by atoms with Crippen molar-refractivity contribution < 1.29 is 4.74 Å². The number of halogens is 1. The van der Waals surface area contributed by atoms with E-state index in [4.69, 9.17) is 4.74 Å². The molecule has 2 nitrogen and oxygen atoms in total. The molecule has 14 heavy (non-hydrogen) atoms. The molecule has 2 rings (SSSR count). The summed E-state index contributed by atoms with van der Waals surface area (Å²) in [4.78, 5) is 4.09. The molecule has 0 amide bonds. The molecule has 1 radical (unpaired) electrons. The minimum Gasteiger partial charge on any atom is -0.439 e. The Hall–Kier alpha value is -1.35. The topological polar surface area (TPSA) is 22.1 Å². The van der Waals surface area contributed by atoms with E-state index in [1.54, 1.807) is 24.4 Å². The van der Waals surface area contributed by atoms with Gasteiger partial charge in [0.2, 0.25) is 5.88 Å². The lowest BCUT2D eigenvalue weighted by molar-refractivity contribution is 0.463. The Morgan fingerprint density at radius 1 is 1.14 bits per heavy atom. The largest absolute Gasteiger partial charge is 0.439 e. The molecule has 1 aromatic heterocycles. The van der Waals surface area contributed by atoms with Gasteiger partial charge in [0.25, 0.3) is 0 Å². The fourth-order valence-corrected chi connectivity index (χ4v) is 1.22. The minimum absolute atomic E-state index is 0.583. The molecule has 2 aromatic rings. The van der Waals surface area contributed by atoms with Crippen LogP contribution < -0.4 is 4.74 Å². The Balaban J connectivity index is 2.16. The lowest BCUT2D eigenvalue weighted by Crippen LogP contribution is -1.86. The lowest BCUT2D eigenvalue weighted by atomic mass is 10.3. The molecule has 1 aromatic carbocycles. The van der Waals surface area contributed by atoms with Crippen LogP contribution in [0.4, 0.5) is 0 Å². The van der Waals surface area contributed by atoms with E-state index in [2.05, 4.69) is 27.0 Å². The van der Waals surface area contributed by atoms with Gasteiger partial charge in [-0.2, -0.15) is 0 Å². The molecule has 1 heterocycles. The number of ether oxygens (including phenoxy) is 1. The second-order valence-corrected chi connectivity index (χ2v) is 3.57. The van der Waals surface area contributed by atoms with E-state index < -0.39 is 0 Å². The molecule has 0 saturated carbocycles. The van der Waals surface area contributed by atoms with Crippen molar-refractivity contribution in [2.45, 2.75) is 0 Å². The molecule has 0 aliphatic carbocycles. The zero-order chi connectivity index (χ0) is 9.80. The molecule has 0 N–H and O–H groups in total. The predicted octanol–water partition coefficient (Wildman–Crippen LogP) is 3.44. The highest BCUT2D eigenvalue weighted by atomic mass is 79.9. The standard InChI is InChI=1S/C11H7BrNO/c12-9-6-7-11(13-8-9)14-10-4-2-1-3-5-10/h2-8H. The highest BCUT2D eigenvalue weighted by Crippen LogP contribution is 2.19.